The van der Waals surface area contributed by atoms with Gasteiger partial charge < -0.3 is 55.5 Å². The van der Waals surface area contributed by atoms with E-state index in [1.807, 2.05) is 0 Å². The number of aromatic hydroxyl groups is 2. The number of ketones is 3. The minimum atomic E-state index is -2.24. The van der Waals surface area contributed by atoms with Gasteiger partial charge in [-0.15, -0.1) is 0 Å². The van der Waals surface area contributed by atoms with Crippen molar-refractivity contribution in [3.05, 3.63) is 51.6 Å². The molecule has 2 heterocycles. The highest BCUT2D eigenvalue weighted by atomic mass is 16.7. The molecule has 45 heavy (non-hydrogen) atoms. The monoisotopic (exact) mass is 630 g/mol. The molecule has 4 aliphatic rings. The van der Waals surface area contributed by atoms with Crippen LogP contribution >= 0.6 is 0 Å². The van der Waals surface area contributed by atoms with Gasteiger partial charge in [0.05, 0.1) is 55.3 Å². The van der Waals surface area contributed by atoms with Crippen molar-refractivity contribution in [2.75, 3.05) is 40.0 Å². The van der Waals surface area contributed by atoms with Crippen LogP contribution in [0.5, 0.6) is 17.2 Å². The molecule has 2 fully saturated rings. The number of methoxy groups -OCH3 is 1. The van der Waals surface area contributed by atoms with E-state index in [0.717, 1.165) is 26.3 Å². The number of ether oxygens (including phenoxy) is 4. The minimum absolute atomic E-state index is 0.0173. The fourth-order valence-corrected chi connectivity index (χ4v) is 6.27. The molecular formula is C31H38N2O12. The first kappa shape index (κ1) is 32.9. The standard InChI is InChI=1S/C27H29NO11.C4H9NO/c1-10-22(31)13(28)6-17(38-10)39-15-8-27(36,16(30)9-29)7-12-19(15)26(35)21-20(24(12)33)23(32)11-4-3-5-14(37-2)18(11)25(21)34;1-3-6-4-2-5-1/h3-5,10,13,15,17,22,29,31,33,35-36H,6-9,28H2,1-2H3;5H,1-4H2/t10-,13-,15-,17-,22+,27-;/m0./s1. The fraction of sp³-hybridized carbons (Fsp3) is 0.516. The summed E-state index contributed by atoms with van der Waals surface area (Å²) in [4.78, 5) is 39.7. The van der Waals surface area contributed by atoms with E-state index in [-0.39, 0.29) is 34.4 Å². The van der Waals surface area contributed by atoms with Crippen LogP contribution in [0.1, 0.15) is 68.8 Å². The van der Waals surface area contributed by atoms with Gasteiger partial charge in [0, 0.05) is 55.1 Å². The van der Waals surface area contributed by atoms with Crippen molar-refractivity contribution >= 4 is 17.3 Å². The van der Waals surface area contributed by atoms with Crippen molar-refractivity contribution < 1.29 is 58.9 Å². The molecule has 2 aromatic carbocycles. The summed E-state index contributed by atoms with van der Waals surface area (Å²) in [6, 6.07) is 3.64. The Morgan fingerprint density at radius 3 is 2.38 bits per heavy atom. The van der Waals surface area contributed by atoms with Gasteiger partial charge in [-0.3, -0.25) is 14.4 Å². The van der Waals surface area contributed by atoms with Crippen LogP contribution in [0.3, 0.4) is 0 Å². The lowest BCUT2D eigenvalue weighted by molar-refractivity contribution is -0.247. The molecule has 8 N–H and O–H groups in total. The second kappa shape index (κ2) is 13.1. The molecular weight excluding hydrogens is 592 g/mol. The average Bonchev–Trinajstić information content (AvgIpc) is 3.04. The van der Waals surface area contributed by atoms with Crippen molar-refractivity contribution in [1.29, 1.82) is 0 Å². The number of hydrogen-bond donors (Lipinski definition) is 7. The lowest BCUT2D eigenvalue weighted by Gasteiger charge is -2.42. The molecule has 0 amide bonds. The maximum absolute atomic E-state index is 13.6. The van der Waals surface area contributed by atoms with Gasteiger partial charge in [0.25, 0.3) is 0 Å². The Labute approximate surface area is 258 Å². The predicted octanol–water partition coefficient (Wildman–Crippen LogP) is -0.392. The second-order valence-corrected chi connectivity index (χ2v) is 11.5. The zero-order valence-corrected chi connectivity index (χ0v) is 24.9. The molecule has 0 bridgehead atoms. The molecule has 0 spiro atoms. The fourth-order valence-electron chi connectivity index (χ4n) is 6.27. The van der Waals surface area contributed by atoms with E-state index in [0.29, 0.717) is 0 Å². The number of morpholine rings is 1. The third kappa shape index (κ3) is 5.95. The smallest absolute Gasteiger partial charge is 0.202 e. The number of aliphatic hydroxyl groups is 3. The number of phenols is 2. The first-order valence-corrected chi connectivity index (χ1v) is 14.7. The number of phenolic OH excluding ortho intramolecular Hbond substituents is 2. The minimum Gasteiger partial charge on any atom is -0.507 e. The third-order valence-electron chi connectivity index (χ3n) is 8.65. The SMILES string of the molecule is C1COCCN1.COc1cccc2c1C(=O)c1c(O)c3c(c(O)c1C2=O)C[C@@](O)(C(=O)CO)C[C@@H]3O[C@H]1C[C@H](N)[C@H](O)[C@H](C)O1. The van der Waals surface area contributed by atoms with Crippen molar-refractivity contribution in [3.8, 4) is 17.2 Å². The molecule has 14 nitrogen and oxygen atoms in total. The summed E-state index contributed by atoms with van der Waals surface area (Å²) in [5, 5.41) is 56.9. The van der Waals surface area contributed by atoms with E-state index in [4.69, 9.17) is 24.7 Å². The lowest BCUT2D eigenvalue weighted by atomic mass is 9.72. The van der Waals surface area contributed by atoms with Gasteiger partial charge in [0.2, 0.25) is 5.78 Å². The zero-order chi connectivity index (χ0) is 32.6. The summed E-state index contributed by atoms with van der Waals surface area (Å²) in [6.07, 6.45) is -5.12. The van der Waals surface area contributed by atoms with Gasteiger partial charge in [-0.2, -0.15) is 0 Å². The number of nitrogens with one attached hydrogen (secondary N) is 1. The Balaban J connectivity index is 0.000000598. The van der Waals surface area contributed by atoms with Gasteiger partial charge in [-0.25, -0.2) is 0 Å². The molecule has 6 atom stereocenters. The first-order valence-electron chi connectivity index (χ1n) is 14.7. The normalized spacial score (nSPS) is 29.1. The number of rotatable bonds is 5. The van der Waals surface area contributed by atoms with Crippen LogP contribution in [0.4, 0.5) is 0 Å². The highest BCUT2D eigenvalue weighted by Crippen LogP contribution is 2.52. The Morgan fingerprint density at radius 1 is 1.11 bits per heavy atom. The number of benzene rings is 2. The van der Waals surface area contributed by atoms with Gasteiger partial charge in [-0.1, -0.05) is 12.1 Å². The van der Waals surface area contributed by atoms with E-state index in [1.165, 1.54) is 25.3 Å². The summed E-state index contributed by atoms with van der Waals surface area (Å²) >= 11 is 0. The molecule has 2 aliphatic heterocycles. The van der Waals surface area contributed by atoms with Crippen LogP contribution in [-0.2, 0) is 25.4 Å². The molecule has 0 radical (unpaired) electrons. The summed E-state index contributed by atoms with van der Waals surface area (Å²) in [6.45, 7) is 4.39. The number of fused-ring (bicyclic) bond motifs is 3. The number of carbonyl (C=O) groups excluding carboxylic acids is 3. The van der Waals surface area contributed by atoms with Crippen LogP contribution in [0.2, 0.25) is 0 Å². The summed E-state index contributed by atoms with van der Waals surface area (Å²) in [5.74, 6) is -3.77. The molecule has 2 saturated heterocycles. The van der Waals surface area contributed by atoms with Crippen LogP contribution in [-0.4, -0.2) is 113 Å². The van der Waals surface area contributed by atoms with Gasteiger partial charge in [-0.05, 0) is 13.0 Å². The molecule has 2 aromatic rings. The van der Waals surface area contributed by atoms with E-state index in [2.05, 4.69) is 5.32 Å². The second-order valence-electron chi connectivity index (χ2n) is 11.5. The molecule has 244 valence electrons. The molecule has 0 aromatic heterocycles. The van der Waals surface area contributed by atoms with Crippen molar-refractivity contribution in [2.45, 2.75) is 62.4 Å². The van der Waals surface area contributed by atoms with Crippen LogP contribution in [0.25, 0.3) is 0 Å². The highest BCUT2D eigenvalue weighted by Gasteiger charge is 2.50. The van der Waals surface area contributed by atoms with E-state index < -0.39 is 95.7 Å². The molecule has 0 unspecified atom stereocenters. The van der Waals surface area contributed by atoms with Crippen molar-refractivity contribution in [3.63, 3.8) is 0 Å². The molecule has 2 aliphatic carbocycles. The summed E-state index contributed by atoms with van der Waals surface area (Å²) in [7, 11) is 1.32. The largest absolute Gasteiger partial charge is 0.507 e. The van der Waals surface area contributed by atoms with Gasteiger partial charge in [0.15, 0.2) is 17.9 Å². The van der Waals surface area contributed by atoms with Crippen LogP contribution in [0, 0.1) is 0 Å². The third-order valence-corrected chi connectivity index (χ3v) is 8.65. The maximum Gasteiger partial charge on any atom is 0.202 e. The van der Waals surface area contributed by atoms with Crippen LogP contribution in [0.15, 0.2) is 18.2 Å². The first-order chi connectivity index (χ1) is 21.4. The van der Waals surface area contributed by atoms with Crippen molar-refractivity contribution in [1.82, 2.24) is 5.32 Å². The summed E-state index contributed by atoms with van der Waals surface area (Å²) < 4.78 is 22.0. The van der Waals surface area contributed by atoms with E-state index in [1.54, 1.807) is 6.92 Å². The maximum atomic E-state index is 13.6. The average molecular weight is 631 g/mol. The van der Waals surface area contributed by atoms with E-state index >= 15 is 0 Å². The number of carbonyl (C=O) groups is 3. The number of aliphatic hydroxyl groups excluding tert-OH is 2. The van der Waals surface area contributed by atoms with Crippen LogP contribution < -0.4 is 15.8 Å². The van der Waals surface area contributed by atoms with E-state index in [9.17, 15) is 39.9 Å². The van der Waals surface area contributed by atoms with Crippen molar-refractivity contribution in [2.24, 2.45) is 5.73 Å². The Kier molecular flexibility index (Phi) is 9.58. The molecule has 0 saturated carbocycles. The Bertz CT molecular complexity index is 1470. The number of Topliss-reactive ketones (excluding diaryl/α,β-unsaturated/α-hetero) is 1. The number of nitrogens with two attached hydrogens (primary N) is 1. The number of hydrogen-bond acceptors (Lipinski definition) is 14. The quantitative estimate of drug-likeness (QED) is 0.178. The predicted molar refractivity (Wildman–Crippen MR) is 155 cm³/mol. The summed E-state index contributed by atoms with van der Waals surface area (Å²) in [5.41, 5.74) is 2.37. The topological polar surface area (TPSA) is 227 Å². The Hall–Kier alpha value is -3.47. The molecule has 14 heteroatoms. The van der Waals surface area contributed by atoms with Gasteiger partial charge in [0.1, 0.15) is 29.5 Å². The lowest BCUT2D eigenvalue weighted by Crippen LogP contribution is -2.53. The molecule has 6 rings (SSSR count). The van der Waals surface area contributed by atoms with Gasteiger partial charge >= 0.3 is 0 Å². The highest BCUT2D eigenvalue weighted by molar-refractivity contribution is 6.31. The Morgan fingerprint density at radius 2 is 1.80 bits per heavy atom. The zero-order valence-electron chi connectivity index (χ0n) is 24.9.